The first-order valence-electron chi connectivity index (χ1n) is 4.20. The first-order valence-corrected chi connectivity index (χ1v) is 4.60. The molecular weight excluding hydrogens is 182 g/mol. The van der Waals surface area contributed by atoms with Crippen LogP contribution in [-0.2, 0) is 0 Å². The van der Waals surface area contributed by atoms with Gasteiger partial charge in [0.1, 0.15) is 12.0 Å². The highest BCUT2D eigenvalue weighted by atomic mass is 32.1. The largest absolute Gasteiger partial charge is 0.475 e. The fourth-order valence-corrected chi connectivity index (χ4v) is 0.957. The van der Waals surface area contributed by atoms with Gasteiger partial charge in [0.25, 0.3) is 0 Å². The Balaban J connectivity index is 2.59. The lowest BCUT2D eigenvalue weighted by atomic mass is 10.3. The van der Waals surface area contributed by atoms with Crippen LogP contribution in [0.3, 0.4) is 0 Å². The maximum Gasteiger partial charge on any atom is 0.149 e. The quantitative estimate of drug-likeness (QED) is 0.689. The zero-order chi connectivity index (χ0) is 9.84. The van der Waals surface area contributed by atoms with Gasteiger partial charge >= 0.3 is 0 Å². The van der Waals surface area contributed by atoms with E-state index in [0.29, 0.717) is 0 Å². The summed E-state index contributed by atoms with van der Waals surface area (Å²) < 4.78 is 5.61. The van der Waals surface area contributed by atoms with Gasteiger partial charge in [0.15, 0.2) is 0 Å². The van der Waals surface area contributed by atoms with E-state index in [2.05, 4.69) is 0 Å². The summed E-state index contributed by atoms with van der Waals surface area (Å²) in [5.41, 5.74) is 0. The number of hydrogen-bond acceptors (Lipinski definition) is 2. The first-order chi connectivity index (χ1) is 6.09. The summed E-state index contributed by atoms with van der Waals surface area (Å²) in [4.78, 5) is 2.84. The summed E-state index contributed by atoms with van der Waals surface area (Å²) in [6.45, 7) is 2.00. The molecule has 3 heteroatoms. The molecule has 1 radical (unpaired) electrons. The van der Waals surface area contributed by atoms with E-state index in [1.54, 1.807) is 0 Å². The third kappa shape index (κ3) is 3.20. The molecule has 0 saturated carbocycles. The minimum atomic E-state index is 0.0796. The van der Waals surface area contributed by atoms with Crippen LogP contribution < -0.4 is 4.74 Å². The highest BCUT2D eigenvalue weighted by molar-refractivity contribution is 7.80. The van der Waals surface area contributed by atoms with Crippen molar-refractivity contribution in [1.29, 1.82) is 0 Å². The van der Waals surface area contributed by atoms with Crippen LogP contribution in [0.5, 0.6) is 5.75 Å². The Bertz CT molecular complexity index is 258. The number of nitrogens with zero attached hydrogens (tertiary/aromatic N) is 1. The van der Waals surface area contributed by atoms with Gasteiger partial charge in [-0.1, -0.05) is 12.6 Å². The molecule has 1 atom stereocenters. The second-order valence-corrected chi connectivity index (χ2v) is 3.62. The molecule has 13 heavy (non-hydrogen) atoms. The van der Waals surface area contributed by atoms with Crippen molar-refractivity contribution < 1.29 is 4.74 Å². The third-order valence-electron chi connectivity index (χ3n) is 1.86. The summed E-state index contributed by atoms with van der Waals surface area (Å²) in [5, 5.41) is 0. The Labute approximate surface area is 84.9 Å². The van der Waals surface area contributed by atoms with Crippen molar-refractivity contribution in [3.63, 3.8) is 0 Å². The smallest absolute Gasteiger partial charge is 0.149 e. The molecule has 0 amide bonds. The van der Waals surface area contributed by atoms with Crippen LogP contribution in [-0.4, -0.2) is 25.2 Å². The number of rotatable bonds is 3. The Kier molecular flexibility index (Phi) is 3.51. The summed E-state index contributed by atoms with van der Waals surface area (Å²) in [7, 11) is 3.96. The van der Waals surface area contributed by atoms with Gasteiger partial charge in [0.05, 0.1) is 0 Å². The van der Waals surface area contributed by atoms with Gasteiger partial charge < -0.3 is 4.74 Å². The van der Waals surface area contributed by atoms with Gasteiger partial charge in [-0.3, -0.25) is 4.90 Å². The van der Waals surface area contributed by atoms with E-state index in [1.165, 1.54) is 0 Å². The van der Waals surface area contributed by atoms with Crippen molar-refractivity contribution in [3.8, 4) is 5.75 Å². The highest BCUT2D eigenvalue weighted by Gasteiger charge is 2.04. The molecule has 1 aromatic carbocycles. The Morgan fingerprint density at radius 1 is 1.23 bits per heavy atom. The van der Waals surface area contributed by atoms with Crippen LogP contribution in [0.4, 0.5) is 0 Å². The molecule has 0 heterocycles. The Morgan fingerprint density at radius 3 is 2.23 bits per heavy atom. The van der Waals surface area contributed by atoms with Crippen molar-refractivity contribution in [1.82, 2.24) is 4.90 Å². The van der Waals surface area contributed by atoms with E-state index in [-0.39, 0.29) is 6.23 Å². The third-order valence-corrected chi connectivity index (χ3v) is 2.13. The molecule has 0 spiro atoms. The van der Waals surface area contributed by atoms with Gasteiger partial charge in [-0.25, -0.2) is 0 Å². The maximum absolute atomic E-state index is 5.61. The molecule has 1 unspecified atom stereocenters. The van der Waals surface area contributed by atoms with Gasteiger partial charge in [-0.05, 0) is 45.3 Å². The standard InChI is InChI=1S/C10H14NOS/c1-8(11(2)3)12-9-4-6-10(13)7-5-9/h4-8H,1-3H3. The zero-order valence-electron chi connectivity index (χ0n) is 8.15. The fraction of sp³-hybridized carbons (Fsp3) is 0.400. The Hall–Kier alpha value is -0.800. The average Bonchev–Trinajstić information content (AvgIpc) is 2.08. The van der Waals surface area contributed by atoms with E-state index in [4.69, 9.17) is 17.4 Å². The van der Waals surface area contributed by atoms with Crippen molar-refractivity contribution >= 4 is 12.6 Å². The van der Waals surface area contributed by atoms with Crippen LogP contribution in [0, 0.1) is 0 Å². The van der Waals surface area contributed by atoms with Crippen molar-refractivity contribution in [2.45, 2.75) is 18.0 Å². The normalized spacial score (nSPS) is 12.9. The van der Waals surface area contributed by atoms with Crippen LogP contribution in [0.25, 0.3) is 0 Å². The summed E-state index contributed by atoms with van der Waals surface area (Å²) in [5.74, 6) is 0.856. The van der Waals surface area contributed by atoms with Crippen LogP contribution >= 0.6 is 12.6 Å². The van der Waals surface area contributed by atoms with Crippen LogP contribution in [0.2, 0.25) is 0 Å². The van der Waals surface area contributed by atoms with Gasteiger partial charge in [-0.2, -0.15) is 0 Å². The minimum absolute atomic E-state index is 0.0796. The molecule has 0 aliphatic heterocycles. The molecule has 0 saturated heterocycles. The van der Waals surface area contributed by atoms with Crippen molar-refractivity contribution in [2.24, 2.45) is 0 Å². The summed E-state index contributed by atoms with van der Waals surface area (Å²) >= 11 is 4.97. The predicted molar refractivity (Wildman–Crippen MR) is 56.1 cm³/mol. The summed E-state index contributed by atoms with van der Waals surface area (Å²) in [6, 6.07) is 7.52. The van der Waals surface area contributed by atoms with Gasteiger partial charge in [-0.15, -0.1) is 0 Å². The van der Waals surface area contributed by atoms with Gasteiger partial charge in [0.2, 0.25) is 0 Å². The fourth-order valence-electron chi connectivity index (χ4n) is 0.821. The zero-order valence-corrected chi connectivity index (χ0v) is 8.97. The number of hydrogen-bond donors (Lipinski definition) is 0. The molecule has 1 aromatic rings. The Morgan fingerprint density at radius 2 is 1.77 bits per heavy atom. The van der Waals surface area contributed by atoms with Gasteiger partial charge in [0, 0.05) is 4.90 Å². The molecular formula is C10H14NOS. The lowest BCUT2D eigenvalue weighted by Gasteiger charge is -2.21. The molecule has 0 aliphatic carbocycles. The first kappa shape index (κ1) is 10.3. The molecule has 71 valence electrons. The molecule has 0 bridgehead atoms. The maximum atomic E-state index is 5.61. The molecule has 1 rings (SSSR count). The number of ether oxygens (including phenoxy) is 1. The SMILES string of the molecule is CC(Oc1ccc([S])cc1)N(C)C. The molecule has 0 N–H and O–H groups in total. The summed E-state index contributed by atoms with van der Waals surface area (Å²) in [6.07, 6.45) is 0.0796. The van der Waals surface area contributed by atoms with Crippen molar-refractivity contribution in [2.75, 3.05) is 14.1 Å². The van der Waals surface area contributed by atoms with E-state index < -0.39 is 0 Å². The lowest BCUT2D eigenvalue weighted by molar-refractivity contribution is 0.0815. The predicted octanol–water partition coefficient (Wildman–Crippen LogP) is 2.53. The van der Waals surface area contributed by atoms with E-state index in [0.717, 1.165) is 10.6 Å². The molecule has 0 fully saturated rings. The highest BCUT2D eigenvalue weighted by Crippen LogP contribution is 2.15. The van der Waals surface area contributed by atoms with E-state index in [1.807, 2.05) is 50.2 Å². The number of benzene rings is 1. The molecule has 0 aliphatic rings. The lowest BCUT2D eigenvalue weighted by Crippen LogP contribution is -2.30. The molecule has 0 aromatic heterocycles. The van der Waals surface area contributed by atoms with Crippen LogP contribution in [0.1, 0.15) is 6.92 Å². The topological polar surface area (TPSA) is 12.5 Å². The molecule has 2 nitrogen and oxygen atoms in total. The van der Waals surface area contributed by atoms with E-state index in [9.17, 15) is 0 Å². The van der Waals surface area contributed by atoms with E-state index >= 15 is 0 Å². The second kappa shape index (κ2) is 4.44. The second-order valence-electron chi connectivity index (χ2n) is 3.15. The average molecular weight is 196 g/mol. The minimum Gasteiger partial charge on any atom is -0.475 e. The monoisotopic (exact) mass is 196 g/mol. The van der Waals surface area contributed by atoms with Crippen LogP contribution in [0.15, 0.2) is 29.2 Å². The van der Waals surface area contributed by atoms with Crippen molar-refractivity contribution in [3.05, 3.63) is 24.3 Å².